The van der Waals surface area contributed by atoms with Crippen LogP contribution in [0.2, 0.25) is 15.1 Å². The average Bonchev–Trinajstić information content (AvgIpc) is 3.13. The molecule has 0 amide bonds. The number of benzene rings is 6. The predicted molar refractivity (Wildman–Crippen MR) is 234 cm³/mol. The van der Waals surface area contributed by atoms with Gasteiger partial charge >= 0.3 is 0 Å². The summed E-state index contributed by atoms with van der Waals surface area (Å²) in [6, 6.07) is 66.2. The Morgan fingerprint density at radius 1 is 0.288 bits per heavy atom. The quantitative estimate of drug-likeness (QED) is 0.107. The van der Waals surface area contributed by atoms with Crippen LogP contribution >= 0.6 is 0 Å². The van der Waals surface area contributed by atoms with E-state index in [1.165, 1.54) is 36.3 Å². The fourth-order valence-electron chi connectivity index (χ4n) is 9.05. The summed E-state index contributed by atoms with van der Waals surface area (Å²) in [6.07, 6.45) is 0. The number of hydrogen-bond donors (Lipinski definition) is 0. The van der Waals surface area contributed by atoms with Crippen molar-refractivity contribution in [1.29, 1.82) is 0 Å². The van der Waals surface area contributed by atoms with Crippen molar-refractivity contribution in [3.8, 4) is 0 Å². The van der Waals surface area contributed by atoms with Gasteiger partial charge in [0.1, 0.15) is 0 Å². The van der Waals surface area contributed by atoms with E-state index in [9.17, 15) is 0 Å². The normalized spacial score (nSPS) is 14.1. The average molecular weight is 733 g/mol. The van der Waals surface area contributed by atoms with Crippen molar-refractivity contribution in [3.05, 3.63) is 176 Å². The first-order valence-corrected chi connectivity index (χ1v) is 24.6. The summed E-state index contributed by atoms with van der Waals surface area (Å²) >= 11 is 0. The van der Waals surface area contributed by atoms with Crippen molar-refractivity contribution in [2.45, 2.75) is 77.4 Å². The lowest BCUT2D eigenvalue weighted by molar-refractivity contribution is 0.475. The molecule has 52 heavy (non-hydrogen) atoms. The highest BCUT2D eigenvalue weighted by atomic mass is 28.4. The predicted octanol–water partition coefficient (Wildman–Crippen LogP) is 8.39. The lowest BCUT2D eigenvalue weighted by Crippen LogP contribution is -2.83. The minimum absolute atomic E-state index is 0.0854. The third-order valence-electron chi connectivity index (χ3n) is 11.2. The molecule has 0 bridgehead atoms. The molecule has 1 unspecified atom stereocenters. The van der Waals surface area contributed by atoms with Gasteiger partial charge < -0.3 is 4.12 Å². The third kappa shape index (κ3) is 6.24. The Morgan fingerprint density at radius 3 is 0.865 bits per heavy atom. The van der Waals surface area contributed by atoms with Crippen LogP contribution in [0.15, 0.2) is 176 Å². The van der Waals surface area contributed by atoms with Crippen LogP contribution in [-0.2, 0) is 4.12 Å². The second-order valence-corrected chi connectivity index (χ2v) is 30.8. The molecule has 0 spiro atoms. The van der Waals surface area contributed by atoms with Crippen molar-refractivity contribution in [1.82, 2.24) is 0 Å². The zero-order valence-electron chi connectivity index (χ0n) is 32.7. The first-order valence-electron chi connectivity index (χ1n) is 18.8. The van der Waals surface area contributed by atoms with Crippen molar-refractivity contribution < 1.29 is 4.12 Å². The summed E-state index contributed by atoms with van der Waals surface area (Å²) in [6.45, 7) is 22.0. The van der Waals surface area contributed by atoms with Gasteiger partial charge in [-0.2, -0.15) is 0 Å². The Balaban J connectivity index is 1.85. The minimum atomic E-state index is -3.26. The summed E-state index contributed by atoms with van der Waals surface area (Å²) in [5.74, 6) is 0. The standard InChI is InChI=1S/C48H56OSi3/c1-46(2,3)50(39-27-15-10-16-28-39,40-29-17-11-18-30-40)44-37-25-26-38-45(44)52(48(7,8)9,43-35-23-14-24-36-43)49-51(47(4,5)6,41-31-19-12-20-32-41)42-33-21-13-22-34-42/h10-38H,1-9H3. The van der Waals surface area contributed by atoms with Gasteiger partial charge in [0.25, 0.3) is 16.6 Å². The van der Waals surface area contributed by atoms with Gasteiger partial charge in [-0.1, -0.05) is 238 Å². The van der Waals surface area contributed by atoms with E-state index in [0.717, 1.165) is 0 Å². The second-order valence-electron chi connectivity index (χ2n) is 17.3. The topological polar surface area (TPSA) is 9.23 Å². The minimum Gasteiger partial charge on any atom is -0.441 e. The van der Waals surface area contributed by atoms with Crippen LogP contribution < -0.4 is 36.3 Å². The molecular weight excluding hydrogens is 677 g/mol. The summed E-state index contributed by atoms with van der Waals surface area (Å²) in [7, 11) is -9.13. The van der Waals surface area contributed by atoms with Gasteiger partial charge in [0.05, 0.1) is 0 Å². The van der Waals surface area contributed by atoms with Gasteiger partial charge in [0.2, 0.25) is 0 Å². The van der Waals surface area contributed by atoms with Crippen LogP contribution in [0.5, 0.6) is 0 Å². The lowest BCUT2D eigenvalue weighted by atomic mass is 10.2. The smallest absolute Gasteiger partial charge is 0.251 e. The van der Waals surface area contributed by atoms with Gasteiger partial charge in [0.15, 0.2) is 8.07 Å². The van der Waals surface area contributed by atoms with Crippen molar-refractivity contribution >= 4 is 61.0 Å². The van der Waals surface area contributed by atoms with Crippen LogP contribution in [-0.4, -0.2) is 24.7 Å². The van der Waals surface area contributed by atoms with E-state index >= 15 is 0 Å². The molecule has 1 nitrogen and oxygen atoms in total. The SMILES string of the molecule is CC(C)(C)[Si](O[Si](c1ccccc1)(c1ccccc1[Si](c1ccccc1)(c1ccccc1)C(C)(C)C)C(C)(C)C)(c1ccccc1)c1ccccc1. The van der Waals surface area contributed by atoms with Crippen molar-refractivity contribution in [3.63, 3.8) is 0 Å². The Hall–Kier alpha value is -4.07. The van der Waals surface area contributed by atoms with Gasteiger partial charge in [-0.25, -0.2) is 0 Å². The van der Waals surface area contributed by atoms with Crippen LogP contribution in [0.4, 0.5) is 0 Å². The molecule has 0 aliphatic rings. The maximum Gasteiger partial charge on any atom is 0.251 e. The van der Waals surface area contributed by atoms with E-state index in [0.29, 0.717) is 0 Å². The Kier molecular flexibility index (Phi) is 10.4. The van der Waals surface area contributed by atoms with Crippen molar-refractivity contribution in [2.75, 3.05) is 0 Å². The summed E-state index contributed by atoms with van der Waals surface area (Å²) in [4.78, 5) is 0. The maximum absolute atomic E-state index is 8.82. The van der Waals surface area contributed by atoms with Crippen LogP contribution in [0.3, 0.4) is 0 Å². The summed E-state index contributed by atoms with van der Waals surface area (Å²) in [5.41, 5.74) is 0. The Bertz CT molecular complexity index is 1960. The lowest BCUT2D eigenvalue weighted by Gasteiger charge is -2.55. The molecule has 0 aliphatic carbocycles. The fourth-order valence-corrected chi connectivity index (χ4v) is 28.8. The molecule has 0 aliphatic heterocycles. The maximum atomic E-state index is 8.82. The monoisotopic (exact) mass is 732 g/mol. The Morgan fingerprint density at radius 2 is 0.558 bits per heavy atom. The molecule has 6 rings (SSSR count). The van der Waals surface area contributed by atoms with Gasteiger partial charge in [0, 0.05) is 0 Å². The van der Waals surface area contributed by atoms with Crippen LogP contribution in [0.1, 0.15) is 62.3 Å². The molecule has 0 N–H and O–H groups in total. The van der Waals surface area contributed by atoms with Gasteiger partial charge in [-0.05, 0) is 51.4 Å². The molecule has 0 aromatic heterocycles. The molecule has 6 aromatic carbocycles. The highest BCUT2D eigenvalue weighted by Crippen LogP contribution is 2.45. The van der Waals surface area contributed by atoms with E-state index in [1.54, 1.807) is 0 Å². The Labute approximate surface area is 317 Å². The van der Waals surface area contributed by atoms with Gasteiger partial charge in [-0.3, -0.25) is 0 Å². The second kappa shape index (κ2) is 14.4. The largest absolute Gasteiger partial charge is 0.441 e. The van der Waals surface area contributed by atoms with E-state index in [4.69, 9.17) is 4.12 Å². The zero-order valence-corrected chi connectivity index (χ0v) is 35.7. The van der Waals surface area contributed by atoms with E-state index in [2.05, 4.69) is 238 Å². The molecule has 0 heterocycles. The van der Waals surface area contributed by atoms with Crippen molar-refractivity contribution in [2.24, 2.45) is 0 Å². The van der Waals surface area contributed by atoms with Crippen LogP contribution in [0.25, 0.3) is 0 Å². The molecule has 0 saturated carbocycles. The zero-order chi connectivity index (χ0) is 37.3. The molecule has 4 heteroatoms. The fraction of sp³-hybridized carbons (Fsp3) is 0.250. The molecule has 6 aromatic rings. The molecule has 266 valence electrons. The van der Waals surface area contributed by atoms with Crippen LogP contribution in [0, 0.1) is 0 Å². The van der Waals surface area contributed by atoms with E-state index < -0.39 is 24.7 Å². The highest BCUT2D eigenvalue weighted by molar-refractivity contribution is 7.18. The molecule has 0 radical (unpaired) electrons. The summed E-state index contributed by atoms with van der Waals surface area (Å²) in [5, 5.41) is 9.14. The first kappa shape index (κ1) is 37.7. The van der Waals surface area contributed by atoms with E-state index in [1.807, 2.05) is 0 Å². The molecule has 0 saturated heterocycles. The molecule has 0 fully saturated rings. The van der Waals surface area contributed by atoms with E-state index in [-0.39, 0.29) is 15.1 Å². The first-order chi connectivity index (χ1) is 24.7. The van der Waals surface area contributed by atoms with Gasteiger partial charge in [-0.15, -0.1) is 0 Å². The third-order valence-corrected chi connectivity index (χ3v) is 28.7. The summed E-state index contributed by atoms with van der Waals surface area (Å²) < 4.78 is 8.82. The highest BCUT2D eigenvalue weighted by Gasteiger charge is 2.62. The molecule has 1 atom stereocenters. The number of hydrogen-bond acceptors (Lipinski definition) is 1. The number of rotatable bonds is 9. The molecular formula is C48H56OSi3.